The highest BCUT2D eigenvalue weighted by atomic mass is 15.3. The van der Waals surface area contributed by atoms with Crippen LogP contribution in [0.15, 0.2) is 35.3 Å². The zero-order valence-corrected chi connectivity index (χ0v) is 16.0. The molecule has 0 bridgehead atoms. The summed E-state index contributed by atoms with van der Waals surface area (Å²) in [5, 5.41) is 3.64. The van der Waals surface area contributed by atoms with E-state index >= 15 is 0 Å². The maximum atomic E-state index is 4.54. The average Bonchev–Trinajstić information content (AvgIpc) is 3.12. The molecular formula is C21H34N4. The molecule has 0 amide bonds. The number of nitrogens with zero attached hydrogens (tertiary/aromatic N) is 3. The second kappa shape index (κ2) is 9.23. The van der Waals surface area contributed by atoms with Gasteiger partial charge in [-0.3, -0.25) is 4.99 Å². The monoisotopic (exact) mass is 342 g/mol. The van der Waals surface area contributed by atoms with Gasteiger partial charge >= 0.3 is 0 Å². The first kappa shape index (κ1) is 18.2. The summed E-state index contributed by atoms with van der Waals surface area (Å²) in [4.78, 5) is 9.54. The van der Waals surface area contributed by atoms with Crippen LogP contribution in [-0.4, -0.2) is 62.1 Å². The third kappa shape index (κ3) is 5.21. The summed E-state index contributed by atoms with van der Waals surface area (Å²) in [7, 11) is 1.92. The van der Waals surface area contributed by atoms with E-state index < -0.39 is 0 Å². The molecule has 4 nitrogen and oxygen atoms in total. The van der Waals surface area contributed by atoms with Gasteiger partial charge in [0.25, 0.3) is 0 Å². The Balaban J connectivity index is 1.41. The first-order chi connectivity index (χ1) is 12.3. The fourth-order valence-corrected chi connectivity index (χ4v) is 4.23. The Morgan fingerprint density at radius 2 is 1.80 bits per heavy atom. The van der Waals surface area contributed by atoms with Crippen LogP contribution in [0.5, 0.6) is 0 Å². The molecule has 1 atom stereocenters. The summed E-state index contributed by atoms with van der Waals surface area (Å²) >= 11 is 0. The van der Waals surface area contributed by atoms with Crippen molar-refractivity contribution in [3.8, 4) is 0 Å². The molecule has 2 saturated heterocycles. The zero-order valence-electron chi connectivity index (χ0n) is 16.0. The van der Waals surface area contributed by atoms with Crippen molar-refractivity contribution in [3.05, 3.63) is 35.9 Å². The van der Waals surface area contributed by atoms with Crippen molar-refractivity contribution in [3.63, 3.8) is 0 Å². The lowest BCUT2D eigenvalue weighted by Crippen LogP contribution is -2.47. The highest BCUT2D eigenvalue weighted by molar-refractivity contribution is 5.79. The Morgan fingerprint density at radius 3 is 2.44 bits per heavy atom. The van der Waals surface area contributed by atoms with E-state index in [2.05, 4.69) is 57.4 Å². The molecule has 0 spiro atoms. The van der Waals surface area contributed by atoms with Gasteiger partial charge < -0.3 is 15.1 Å². The summed E-state index contributed by atoms with van der Waals surface area (Å²) in [6.45, 7) is 9.25. The number of hydrogen-bond donors (Lipinski definition) is 1. The highest BCUT2D eigenvalue weighted by Crippen LogP contribution is 2.22. The Kier molecular flexibility index (Phi) is 6.74. The number of aliphatic imine (C=N–C) groups is 1. The average molecular weight is 343 g/mol. The van der Waals surface area contributed by atoms with Crippen molar-refractivity contribution in [1.82, 2.24) is 15.1 Å². The molecule has 0 aliphatic carbocycles. The molecule has 2 aliphatic heterocycles. The van der Waals surface area contributed by atoms with Crippen molar-refractivity contribution in [2.75, 3.05) is 46.3 Å². The summed E-state index contributed by atoms with van der Waals surface area (Å²) < 4.78 is 0. The molecular weight excluding hydrogens is 308 g/mol. The van der Waals surface area contributed by atoms with Crippen molar-refractivity contribution in [2.45, 2.75) is 32.6 Å². The van der Waals surface area contributed by atoms with Crippen LogP contribution in [0, 0.1) is 11.8 Å². The van der Waals surface area contributed by atoms with Crippen LogP contribution < -0.4 is 5.32 Å². The van der Waals surface area contributed by atoms with Gasteiger partial charge in [-0.2, -0.15) is 0 Å². The molecule has 0 aromatic heterocycles. The van der Waals surface area contributed by atoms with Gasteiger partial charge in [0.1, 0.15) is 0 Å². The number of hydrogen-bond acceptors (Lipinski definition) is 2. The quantitative estimate of drug-likeness (QED) is 0.659. The van der Waals surface area contributed by atoms with E-state index in [1.807, 2.05) is 7.05 Å². The SMILES string of the molecule is CCN1CCC(CNC(=NC)N2CCC(Cc3ccccc3)CC2)C1. The van der Waals surface area contributed by atoms with E-state index in [9.17, 15) is 0 Å². The molecule has 0 radical (unpaired) electrons. The fourth-order valence-electron chi connectivity index (χ4n) is 4.23. The summed E-state index contributed by atoms with van der Waals surface area (Å²) in [5.41, 5.74) is 1.48. The van der Waals surface area contributed by atoms with Crippen molar-refractivity contribution >= 4 is 5.96 Å². The lowest BCUT2D eigenvalue weighted by molar-refractivity contribution is 0.257. The first-order valence-corrected chi connectivity index (χ1v) is 10.00. The van der Waals surface area contributed by atoms with Crippen LogP contribution in [0.2, 0.25) is 0 Å². The van der Waals surface area contributed by atoms with Gasteiger partial charge in [-0.25, -0.2) is 0 Å². The number of piperidine rings is 1. The number of likely N-dealkylation sites (tertiary alicyclic amines) is 2. The predicted molar refractivity (Wildman–Crippen MR) is 106 cm³/mol. The zero-order chi connectivity index (χ0) is 17.5. The van der Waals surface area contributed by atoms with Crippen LogP contribution in [0.4, 0.5) is 0 Å². The summed E-state index contributed by atoms with van der Waals surface area (Å²) in [5.74, 6) is 2.69. The van der Waals surface area contributed by atoms with E-state index in [4.69, 9.17) is 0 Å². The third-order valence-corrected chi connectivity index (χ3v) is 5.86. The van der Waals surface area contributed by atoms with Gasteiger partial charge in [0, 0.05) is 33.2 Å². The molecule has 1 aromatic rings. The minimum atomic E-state index is 0.771. The molecule has 25 heavy (non-hydrogen) atoms. The largest absolute Gasteiger partial charge is 0.356 e. The third-order valence-electron chi connectivity index (χ3n) is 5.86. The van der Waals surface area contributed by atoms with Gasteiger partial charge in [-0.1, -0.05) is 37.3 Å². The van der Waals surface area contributed by atoms with Crippen molar-refractivity contribution < 1.29 is 0 Å². The van der Waals surface area contributed by atoms with Crippen LogP contribution in [0.25, 0.3) is 0 Å². The van der Waals surface area contributed by atoms with Gasteiger partial charge in [0.05, 0.1) is 0 Å². The Morgan fingerprint density at radius 1 is 1.08 bits per heavy atom. The second-order valence-corrected chi connectivity index (χ2v) is 7.60. The fraction of sp³-hybridized carbons (Fsp3) is 0.667. The molecule has 0 saturated carbocycles. The highest BCUT2D eigenvalue weighted by Gasteiger charge is 2.24. The maximum absolute atomic E-state index is 4.54. The predicted octanol–water partition coefficient (Wildman–Crippen LogP) is 2.86. The van der Waals surface area contributed by atoms with Crippen LogP contribution >= 0.6 is 0 Å². The summed E-state index contributed by atoms with van der Waals surface area (Å²) in [6, 6.07) is 10.9. The lowest BCUT2D eigenvalue weighted by Gasteiger charge is -2.34. The standard InChI is InChI=1S/C21H34N4/c1-3-24-12-9-20(17-24)16-23-21(22-2)25-13-10-19(11-14-25)15-18-7-5-4-6-8-18/h4-8,19-20H,3,9-17H2,1-2H3,(H,22,23). The van der Waals surface area contributed by atoms with Crippen LogP contribution in [-0.2, 0) is 6.42 Å². The number of nitrogens with one attached hydrogen (secondary N) is 1. The maximum Gasteiger partial charge on any atom is 0.193 e. The first-order valence-electron chi connectivity index (χ1n) is 10.00. The van der Waals surface area contributed by atoms with Crippen LogP contribution in [0.1, 0.15) is 31.7 Å². The van der Waals surface area contributed by atoms with Gasteiger partial charge in [0.2, 0.25) is 0 Å². The van der Waals surface area contributed by atoms with Crippen LogP contribution in [0.3, 0.4) is 0 Å². The van der Waals surface area contributed by atoms with Gasteiger partial charge in [-0.15, -0.1) is 0 Å². The number of benzene rings is 1. The Labute approximate surface area is 153 Å². The lowest BCUT2D eigenvalue weighted by atomic mass is 9.90. The van der Waals surface area contributed by atoms with Gasteiger partial charge in [0.15, 0.2) is 5.96 Å². The summed E-state index contributed by atoms with van der Waals surface area (Å²) in [6.07, 6.45) is 5.07. The molecule has 138 valence electrons. The van der Waals surface area contributed by atoms with E-state index in [0.717, 1.165) is 37.4 Å². The van der Waals surface area contributed by atoms with Crippen molar-refractivity contribution in [1.29, 1.82) is 0 Å². The Hall–Kier alpha value is -1.55. The van der Waals surface area contributed by atoms with Gasteiger partial charge in [-0.05, 0) is 56.2 Å². The second-order valence-electron chi connectivity index (χ2n) is 7.60. The Bertz CT molecular complexity index is 534. The number of guanidine groups is 1. The van der Waals surface area contributed by atoms with E-state index in [0.29, 0.717) is 0 Å². The molecule has 2 fully saturated rings. The van der Waals surface area contributed by atoms with E-state index in [1.165, 1.54) is 50.9 Å². The molecule has 3 rings (SSSR count). The molecule has 2 heterocycles. The minimum absolute atomic E-state index is 0.771. The molecule has 1 unspecified atom stereocenters. The molecule has 1 aromatic carbocycles. The minimum Gasteiger partial charge on any atom is -0.356 e. The molecule has 1 N–H and O–H groups in total. The van der Waals surface area contributed by atoms with Crippen molar-refractivity contribution in [2.24, 2.45) is 16.8 Å². The molecule has 4 heteroatoms. The van der Waals surface area contributed by atoms with E-state index in [-0.39, 0.29) is 0 Å². The number of rotatable bonds is 5. The smallest absolute Gasteiger partial charge is 0.193 e. The topological polar surface area (TPSA) is 30.9 Å². The van der Waals surface area contributed by atoms with E-state index in [1.54, 1.807) is 0 Å². The normalized spacial score (nSPS) is 23.2. The molecule has 2 aliphatic rings.